The van der Waals surface area contributed by atoms with Crippen LogP contribution in [-0.2, 0) is 5.33 Å². The van der Waals surface area contributed by atoms with Gasteiger partial charge in [-0.1, -0.05) is 41.4 Å². The highest BCUT2D eigenvalue weighted by atomic mass is 79.9. The summed E-state index contributed by atoms with van der Waals surface area (Å²) in [7, 11) is 2.14. The van der Waals surface area contributed by atoms with Crippen LogP contribution in [0.3, 0.4) is 0 Å². The van der Waals surface area contributed by atoms with E-state index in [1.54, 1.807) is 0 Å². The lowest BCUT2D eigenvalue weighted by Gasteiger charge is -2.31. The van der Waals surface area contributed by atoms with Gasteiger partial charge >= 0.3 is 0 Å². The molecule has 1 rings (SSSR count). The summed E-state index contributed by atoms with van der Waals surface area (Å²) in [5, 5.41) is 1.63. The fourth-order valence-electron chi connectivity index (χ4n) is 1.67. The molecule has 1 aromatic rings. The van der Waals surface area contributed by atoms with E-state index in [4.69, 9.17) is 11.6 Å². The van der Waals surface area contributed by atoms with Gasteiger partial charge in [0.05, 0.1) is 0 Å². The maximum atomic E-state index is 6.00. The Labute approximate surface area is 112 Å². The molecule has 0 aromatic heterocycles. The number of hydrogen-bond acceptors (Lipinski definition) is 1. The van der Waals surface area contributed by atoms with Gasteiger partial charge in [-0.15, -0.1) is 0 Å². The number of rotatable bonds is 4. The number of nitrogens with zero attached hydrogens (tertiary/aromatic N) is 1. The van der Waals surface area contributed by atoms with Crippen LogP contribution in [0.4, 0.5) is 5.69 Å². The molecule has 0 spiro atoms. The van der Waals surface area contributed by atoms with Crippen molar-refractivity contribution in [3.05, 3.63) is 28.8 Å². The monoisotopic (exact) mass is 303 g/mol. The Balaban J connectivity index is 3.03. The zero-order valence-electron chi connectivity index (χ0n) is 10.3. The van der Waals surface area contributed by atoms with Crippen LogP contribution in [-0.4, -0.2) is 13.1 Å². The molecule has 0 saturated carbocycles. The standard InChI is InChI=1S/C13H19BrClN/c1-9(2)10(3)16(4)13-6-5-12(15)7-11(13)8-14/h5-7,9-10H,8H2,1-4H3. The molecule has 0 saturated heterocycles. The third-order valence-electron chi connectivity index (χ3n) is 3.14. The van der Waals surface area contributed by atoms with E-state index in [-0.39, 0.29) is 0 Å². The molecule has 90 valence electrons. The molecular weight excluding hydrogens is 286 g/mol. The van der Waals surface area contributed by atoms with Gasteiger partial charge in [-0.05, 0) is 36.6 Å². The molecule has 3 heteroatoms. The number of hydrogen-bond donors (Lipinski definition) is 0. The van der Waals surface area contributed by atoms with Crippen LogP contribution in [0.5, 0.6) is 0 Å². The Kier molecular flexibility index (Phi) is 5.13. The van der Waals surface area contributed by atoms with Gasteiger partial charge in [0.2, 0.25) is 0 Å². The molecule has 1 aromatic carbocycles. The predicted octanol–water partition coefficient (Wildman–Crippen LogP) is 4.72. The number of anilines is 1. The van der Waals surface area contributed by atoms with Gasteiger partial charge in [0.15, 0.2) is 0 Å². The van der Waals surface area contributed by atoms with Crippen molar-refractivity contribution in [1.82, 2.24) is 0 Å². The van der Waals surface area contributed by atoms with E-state index in [1.165, 1.54) is 11.3 Å². The molecule has 0 radical (unpaired) electrons. The van der Waals surface area contributed by atoms with Crippen molar-refractivity contribution in [3.8, 4) is 0 Å². The Hall–Kier alpha value is -0.210. The first kappa shape index (κ1) is 13.9. The van der Waals surface area contributed by atoms with Gasteiger partial charge in [-0.3, -0.25) is 0 Å². The van der Waals surface area contributed by atoms with E-state index in [9.17, 15) is 0 Å². The van der Waals surface area contributed by atoms with Crippen molar-refractivity contribution >= 4 is 33.2 Å². The number of halogens is 2. The zero-order valence-corrected chi connectivity index (χ0v) is 12.6. The first-order chi connectivity index (χ1) is 7.47. The van der Waals surface area contributed by atoms with E-state index in [2.05, 4.69) is 54.7 Å². The van der Waals surface area contributed by atoms with Crippen LogP contribution in [0, 0.1) is 5.92 Å². The van der Waals surface area contributed by atoms with E-state index >= 15 is 0 Å². The Morgan fingerprint density at radius 1 is 1.31 bits per heavy atom. The fraction of sp³-hybridized carbons (Fsp3) is 0.538. The van der Waals surface area contributed by atoms with E-state index < -0.39 is 0 Å². The summed E-state index contributed by atoms with van der Waals surface area (Å²) in [4.78, 5) is 2.32. The average molecular weight is 305 g/mol. The van der Waals surface area contributed by atoms with Crippen LogP contribution in [0.2, 0.25) is 5.02 Å². The maximum absolute atomic E-state index is 6.00. The molecule has 0 fully saturated rings. The molecule has 1 unspecified atom stereocenters. The third kappa shape index (κ3) is 3.14. The summed E-state index contributed by atoms with van der Waals surface area (Å²) < 4.78 is 0. The molecule has 0 bridgehead atoms. The van der Waals surface area contributed by atoms with Gasteiger partial charge in [0, 0.05) is 29.1 Å². The predicted molar refractivity (Wildman–Crippen MR) is 76.8 cm³/mol. The maximum Gasteiger partial charge on any atom is 0.0410 e. The molecule has 0 aliphatic carbocycles. The molecular formula is C13H19BrClN. The first-order valence-corrected chi connectivity index (χ1v) is 7.04. The molecule has 1 atom stereocenters. The SMILES string of the molecule is CC(C)C(C)N(C)c1ccc(Cl)cc1CBr. The lowest BCUT2D eigenvalue weighted by molar-refractivity contribution is 0.505. The minimum Gasteiger partial charge on any atom is -0.371 e. The minimum absolute atomic E-state index is 0.513. The number of alkyl halides is 1. The smallest absolute Gasteiger partial charge is 0.0410 e. The molecule has 0 aliphatic rings. The van der Waals surface area contributed by atoms with Crippen LogP contribution >= 0.6 is 27.5 Å². The van der Waals surface area contributed by atoms with Crippen molar-refractivity contribution in [2.24, 2.45) is 5.92 Å². The second-order valence-electron chi connectivity index (χ2n) is 4.50. The van der Waals surface area contributed by atoms with Crippen molar-refractivity contribution < 1.29 is 0 Å². The van der Waals surface area contributed by atoms with Gasteiger partial charge < -0.3 is 4.90 Å². The van der Waals surface area contributed by atoms with Gasteiger partial charge in [-0.2, -0.15) is 0 Å². The third-order valence-corrected chi connectivity index (χ3v) is 3.98. The summed E-state index contributed by atoms with van der Waals surface area (Å²) in [5.74, 6) is 0.629. The lowest BCUT2D eigenvalue weighted by atomic mass is 10.0. The van der Waals surface area contributed by atoms with Crippen molar-refractivity contribution in [3.63, 3.8) is 0 Å². The summed E-state index contributed by atoms with van der Waals surface area (Å²) in [6.45, 7) is 6.73. The van der Waals surface area contributed by atoms with Crippen LogP contribution in [0.15, 0.2) is 18.2 Å². The Morgan fingerprint density at radius 3 is 2.44 bits per heavy atom. The molecule has 1 nitrogen and oxygen atoms in total. The highest BCUT2D eigenvalue weighted by Gasteiger charge is 2.16. The van der Waals surface area contributed by atoms with Crippen molar-refractivity contribution in [1.29, 1.82) is 0 Å². The first-order valence-electron chi connectivity index (χ1n) is 5.54. The minimum atomic E-state index is 0.513. The van der Waals surface area contributed by atoms with E-state index in [1.807, 2.05) is 12.1 Å². The summed E-state index contributed by atoms with van der Waals surface area (Å²) in [6, 6.07) is 6.58. The highest BCUT2D eigenvalue weighted by molar-refractivity contribution is 9.08. The second-order valence-corrected chi connectivity index (χ2v) is 5.50. The summed E-state index contributed by atoms with van der Waals surface area (Å²) >= 11 is 9.51. The Morgan fingerprint density at radius 2 is 1.94 bits per heavy atom. The van der Waals surface area contributed by atoms with Crippen LogP contribution < -0.4 is 4.90 Å². The molecule has 0 amide bonds. The fourth-order valence-corrected chi connectivity index (χ4v) is 2.32. The van der Waals surface area contributed by atoms with Crippen molar-refractivity contribution in [2.45, 2.75) is 32.1 Å². The topological polar surface area (TPSA) is 3.24 Å². The lowest BCUT2D eigenvalue weighted by Crippen LogP contribution is -2.33. The van der Waals surface area contributed by atoms with Crippen molar-refractivity contribution in [2.75, 3.05) is 11.9 Å². The highest BCUT2D eigenvalue weighted by Crippen LogP contribution is 2.28. The Bertz CT molecular complexity index is 352. The molecule has 0 heterocycles. The average Bonchev–Trinajstić information content (AvgIpc) is 2.26. The number of benzene rings is 1. The molecule has 16 heavy (non-hydrogen) atoms. The van der Waals surface area contributed by atoms with Gasteiger partial charge in [-0.25, -0.2) is 0 Å². The normalized spacial score (nSPS) is 12.9. The summed E-state index contributed by atoms with van der Waals surface area (Å²) in [5.41, 5.74) is 2.49. The van der Waals surface area contributed by atoms with E-state index in [0.717, 1.165) is 10.4 Å². The largest absolute Gasteiger partial charge is 0.371 e. The van der Waals surface area contributed by atoms with E-state index in [0.29, 0.717) is 12.0 Å². The van der Waals surface area contributed by atoms with Gasteiger partial charge in [0.25, 0.3) is 0 Å². The summed E-state index contributed by atoms with van der Waals surface area (Å²) in [6.07, 6.45) is 0. The second kappa shape index (κ2) is 5.92. The van der Waals surface area contributed by atoms with Gasteiger partial charge in [0.1, 0.15) is 0 Å². The van der Waals surface area contributed by atoms with Crippen LogP contribution in [0.25, 0.3) is 0 Å². The van der Waals surface area contributed by atoms with Crippen LogP contribution in [0.1, 0.15) is 26.3 Å². The zero-order chi connectivity index (χ0) is 12.3. The molecule has 0 aliphatic heterocycles. The quantitative estimate of drug-likeness (QED) is 0.728. The molecule has 0 N–H and O–H groups in total.